The van der Waals surface area contributed by atoms with Gasteiger partial charge in [0.25, 0.3) is 5.69 Å². The van der Waals surface area contributed by atoms with Crippen molar-refractivity contribution in [3.8, 4) is 23.7 Å². The summed E-state index contributed by atoms with van der Waals surface area (Å²) < 4.78 is 0. The smallest absolute Gasteiger partial charge is 0.269 e. The van der Waals surface area contributed by atoms with E-state index in [4.69, 9.17) is 0 Å². The molecule has 6 heteroatoms. The van der Waals surface area contributed by atoms with Crippen LogP contribution in [0.2, 0.25) is 0 Å². The Morgan fingerprint density at radius 1 is 0.640 bits per heavy atom. The van der Waals surface area contributed by atoms with Crippen molar-refractivity contribution in [1.29, 1.82) is 0 Å². The van der Waals surface area contributed by atoms with Crippen molar-refractivity contribution >= 4 is 66.0 Å². The third-order valence-electron chi connectivity index (χ3n) is 8.87. The van der Waals surface area contributed by atoms with Gasteiger partial charge in [-0.25, -0.2) is 0 Å². The lowest BCUT2D eigenvalue weighted by Gasteiger charge is -2.14. The summed E-state index contributed by atoms with van der Waals surface area (Å²) in [6, 6.07) is 38.2. The molecule has 0 atom stereocenters. The molecule has 50 heavy (non-hydrogen) atoms. The van der Waals surface area contributed by atoms with Crippen LogP contribution in [0, 0.1) is 33.8 Å². The van der Waals surface area contributed by atoms with Crippen LogP contribution in [0.15, 0.2) is 121 Å². The lowest BCUT2D eigenvalue weighted by molar-refractivity contribution is -0.384. The Bertz CT molecular complexity index is 2650. The van der Waals surface area contributed by atoms with E-state index in [9.17, 15) is 19.7 Å². The second-order valence-corrected chi connectivity index (χ2v) is 12.4. The molecule has 7 aromatic rings. The van der Waals surface area contributed by atoms with Gasteiger partial charge in [-0.05, 0) is 103 Å². The van der Waals surface area contributed by atoms with Crippen LogP contribution in [0.25, 0.3) is 43.1 Å². The molecule has 0 aromatic heterocycles. The van der Waals surface area contributed by atoms with Crippen LogP contribution >= 0.6 is 0 Å². The number of non-ortho nitro benzene ring substituents is 1. The molecule has 240 valence electrons. The molecule has 0 bridgehead atoms. The van der Waals surface area contributed by atoms with Crippen molar-refractivity contribution in [2.45, 2.75) is 12.8 Å². The Morgan fingerprint density at radius 2 is 1.22 bits per heavy atom. The number of anilines is 1. The van der Waals surface area contributed by atoms with Gasteiger partial charge in [-0.3, -0.25) is 19.7 Å². The maximum atomic E-state index is 13.1. The molecule has 0 aliphatic rings. The normalized spacial score (nSPS) is 10.8. The lowest BCUT2D eigenvalue weighted by Crippen LogP contribution is -2.07. The fourth-order valence-electron chi connectivity index (χ4n) is 6.18. The quantitative estimate of drug-likeness (QED) is 0.0448. The Balaban J connectivity index is 1.03. The van der Waals surface area contributed by atoms with Gasteiger partial charge in [-0.2, -0.15) is 0 Å². The molecular weight excluding hydrogens is 620 g/mol. The molecular formula is C44H30N2O4. The summed E-state index contributed by atoms with van der Waals surface area (Å²) in [4.78, 5) is 38.0. The van der Waals surface area contributed by atoms with E-state index in [1.165, 1.54) is 46.1 Å². The summed E-state index contributed by atoms with van der Waals surface area (Å²) in [6.07, 6.45) is 0.485. The number of hydrogen-bond acceptors (Lipinski definition) is 5. The summed E-state index contributed by atoms with van der Waals surface area (Å²) in [6.45, 7) is 0. The van der Waals surface area contributed by atoms with E-state index in [2.05, 4.69) is 77.1 Å². The summed E-state index contributed by atoms with van der Waals surface area (Å²) in [5, 5.41) is 19.6. The number of ketones is 2. The number of nitrogens with zero attached hydrogens (tertiary/aromatic N) is 2. The summed E-state index contributed by atoms with van der Waals surface area (Å²) >= 11 is 0. The molecule has 0 heterocycles. The first-order valence-electron chi connectivity index (χ1n) is 16.1. The fourth-order valence-corrected chi connectivity index (χ4v) is 6.18. The molecule has 0 fully saturated rings. The minimum absolute atomic E-state index is 0.00505. The molecule has 0 radical (unpaired) electrons. The molecule has 6 nitrogen and oxygen atoms in total. The number of carbonyl (C=O) groups excluding carboxylic acids is 2. The lowest BCUT2D eigenvalue weighted by atomic mass is 9.97. The first-order chi connectivity index (χ1) is 24.2. The molecule has 0 aliphatic heterocycles. The van der Waals surface area contributed by atoms with Crippen LogP contribution in [0.3, 0.4) is 0 Å². The Morgan fingerprint density at radius 3 is 1.90 bits per heavy atom. The van der Waals surface area contributed by atoms with Gasteiger partial charge in [-0.1, -0.05) is 78.4 Å². The van der Waals surface area contributed by atoms with Crippen molar-refractivity contribution in [2.24, 2.45) is 0 Å². The molecule has 0 amide bonds. The van der Waals surface area contributed by atoms with Gasteiger partial charge >= 0.3 is 0 Å². The highest BCUT2D eigenvalue weighted by molar-refractivity contribution is 6.14. The van der Waals surface area contributed by atoms with Crippen LogP contribution in [0.4, 0.5) is 11.4 Å². The SMILES string of the molecule is CN(C)c1ccc2c(ccc3cc(CC#CC(=O)c4ccc5c(ccc6cc(C#CCC(=O)c7ccc([N+](=O)[O-])cc7)ccc65)c4)ccc32)c1. The Kier molecular flexibility index (Phi) is 8.52. The maximum absolute atomic E-state index is 13.1. The van der Waals surface area contributed by atoms with Gasteiger partial charge in [0.05, 0.1) is 11.3 Å². The van der Waals surface area contributed by atoms with Gasteiger partial charge in [0, 0.05) is 55.0 Å². The number of nitro benzene ring substituents is 1. The highest BCUT2D eigenvalue weighted by Crippen LogP contribution is 2.30. The van der Waals surface area contributed by atoms with Gasteiger partial charge in [-0.15, -0.1) is 0 Å². The number of rotatable bonds is 6. The minimum Gasteiger partial charge on any atom is -0.378 e. The number of benzene rings is 7. The zero-order valence-electron chi connectivity index (χ0n) is 27.5. The van der Waals surface area contributed by atoms with Crippen LogP contribution in [0.1, 0.15) is 38.3 Å². The van der Waals surface area contributed by atoms with Gasteiger partial charge < -0.3 is 4.90 Å². The van der Waals surface area contributed by atoms with Crippen molar-refractivity contribution in [3.05, 3.63) is 154 Å². The summed E-state index contributed by atoms with van der Waals surface area (Å²) in [5.74, 6) is 11.5. The standard InChI is InChI=1S/C44H30N2O4/c1-45(2)38-20-24-42-35(28-38)14-12-33-26-30(10-22-40(33)42)6-4-8-44(48)36-17-23-41-34(27-36)13-11-32-25-29(9-21-39(32)41)5-3-7-43(47)31-15-18-37(19-16-31)46(49)50/h9-28H,6-7H2,1-2H3. The van der Waals surface area contributed by atoms with Crippen LogP contribution in [-0.2, 0) is 6.42 Å². The maximum Gasteiger partial charge on any atom is 0.269 e. The predicted octanol–water partition coefficient (Wildman–Crippen LogP) is 9.33. The molecule has 0 saturated carbocycles. The van der Waals surface area contributed by atoms with E-state index in [1.807, 2.05) is 62.6 Å². The average Bonchev–Trinajstić information content (AvgIpc) is 3.13. The van der Waals surface area contributed by atoms with E-state index in [0.717, 1.165) is 38.1 Å². The van der Waals surface area contributed by atoms with Crippen LogP contribution < -0.4 is 4.90 Å². The second kappa shape index (κ2) is 13.4. The fraction of sp³-hybridized carbons (Fsp3) is 0.0909. The predicted molar refractivity (Wildman–Crippen MR) is 202 cm³/mol. The summed E-state index contributed by atoms with van der Waals surface area (Å²) in [5.41, 5.74) is 3.87. The Labute approximate surface area is 289 Å². The number of carbonyl (C=O) groups is 2. The molecule has 0 spiro atoms. The molecule has 0 N–H and O–H groups in total. The number of fused-ring (bicyclic) bond motifs is 6. The van der Waals surface area contributed by atoms with E-state index >= 15 is 0 Å². The monoisotopic (exact) mass is 650 g/mol. The minimum atomic E-state index is -0.499. The first kappa shape index (κ1) is 31.8. The number of nitro groups is 1. The van der Waals surface area contributed by atoms with Crippen LogP contribution in [0.5, 0.6) is 0 Å². The van der Waals surface area contributed by atoms with Gasteiger partial charge in [0.2, 0.25) is 5.78 Å². The van der Waals surface area contributed by atoms with Crippen molar-refractivity contribution < 1.29 is 14.5 Å². The highest BCUT2D eigenvalue weighted by atomic mass is 16.6. The first-order valence-corrected chi connectivity index (χ1v) is 16.1. The molecule has 0 unspecified atom stereocenters. The van der Waals surface area contributed by atoms with E-state index in [1.54, 1.807) is 0 Å². The van der Waals surface area contributed by atoms with Gasteiger partial charge in [0.15, 0.2) is 5.78 Å². The third kappa shape index (κ3) is 6.52. The zero-order chi connectivity index (χ0) is 34.8. The molecule has 7 rings (SSSR count). The summed E-state index contributed by atoms with van der Waals surface area (Å²) in [7, 11) is 4.08. The van der Waals surface area contributed by atoms with Crippen molar-refractivity contribution in [2.75, 3.05) is 19.0 Å². The average molecular weight is 651 g/mol. The topological polar surface area (TPSA) is 80.5 Å². The Hall–Kier alpha value is -6.76. The van der Waals surface area contributed by atoms with Crippen molar-refractivity contribution in [1.82, 2.24) is 0 Å². The number of hydrogen-bond donors (Lipinski definition) is 0. The van der Waals surface area contributed by atoms with Crippen LogP contribution in [-0.4, -0.2) is 30.6 Å². The molecule has 0 saturated heterocycles. The molecule has 0 aliphatic carbocycles. The van der Waals surface area contributed by atoms with E-state index in [0.29, 0.717) is 17.5 Å². The van der Waals surface area contributed by atoms with Crippen molar-refractivity contribution in [3.63, 3.8) is 0 Å². The van der Waals surface area contributed by atoms with E-state index < -0.39 is 4.92 Å². The number of Topliss-reactive ketones (excluding diaryl/α,β-unsaturated/α-hetero) is 2. The second-order valence-electron chi connectivity index (χ2n) is 12.4. The highest BCUT2D eigenvalue weighted by Gasteiger charge is 2.10. The van der Waals surface area contributed by atoms with Gasteiger partial charge in [0.1, 0.15) is 0 Å². The zero-order valence-corrected chi connectivity index (χ0v) is 27.5. The third-order valence-corrected chi connectivity index (χ3v) is 8.87. The van der Waals surface area contributed by atoms with E-state index in [-0.39, 0.29) is 23.7 Å². The molecule has 7 aromatic carbocycles. The largest absolute Gasteiger partial charge is 0.378 e.